The molecule has 0 radical (unpaired) electrons. The molecule has 2 aromatic rings. The van der Waals surface area contributed by atoms with E-state index in [9.17, 15) is 5.11 Å². The molecule has 0 amide bonds. The van der Waals surface area contributed by atoms with Crippen LogP contribution < -0.4 is 5.73 Å². The molecule has 4 N–H and O–H groups in total. The Morgan fingerprint density at radius 3 is 2.87 bits per heavy atom. The predicted molar refractivity (Wildman–Crippen MR) is 62.5 cm³/mol. The van der Waals surface area contributed by atoms with Crippen LogP contribution in [0.25, 0.3) is 10.9 Å². The van der Waals surface area contributed by atoms with Crippen LogP contribution >= 0.6 is 11.6 Å². The van der Waals surface area contributed by atoms with Crippen LogP contribution in [0.5, 0.6) is 5.75 Å². The maximum atomic E-state index is 9.47. The number of halogens is 1. The third-order valence-electron chi connectivity index (χ3n) is 2.58. The van der Waals surface area contributed by atoms with Gasteiger partial charge in [0.15, 0.2) is 0 Å². The number of aromatic hydroxyl groups is 1. The zero-order chi connectivity index (χ0) is 11.0. The molecule has 1 heterocycles. The molecule has 0 unspecified atom stereocenters. The monoisotopic (exact) mass is 224 g/mol. The van der Waals surface area contributed by atoms with Gasteiger partial charge in [-0.05, 0) is 31.5 Å². The van der Waals surface area contributed by atoms with Crippen molar-refractivity contribution in [3.05, 3.63) is 28.4 Å². The molecule has 0 spiro atoms. The predicted octanol–water partition coefficient (Wildman–Crippen LogP) is 2.34. The van der Waals surface area contributed by atoms with E-state index in [1.54, 1.807) is 12.1 Å². The quantitative estimate of drug-likeness (QED) is 0.733. The second-order valence-corrected chi connectivity index (χ2v) is 4.02. The average Bonchev–Trinajstić information content (AvgIpc) is 2.46. The number of hydrogen-bond acceptors (Lipinski definition) is 2. The molecule has 0 fully saturated rings. The maximum absolute atomic E-state index is 9.47. The first-order valence-electron chi connectivity index (χ1n) is 4.83. The van der Waals surface area contributed by atoms with E-state index in [-0.39, 0.29) is 5.75 Å². The van der Waals surface area contributed by atoms with Crippen LogP contribution in [0.2, 0.25) is 5.02 Å². The number of aromatic nitrogens is 1. The summed E-state index contributed by atoms with van der Waals surface area (Å²) in [5, 5.41) is 10.9. The molecule has 0 bridgehead atoms. The highest BCUT2D eigenvalue weighted by atomic mass is 35.5. The molecule has 2 rings (SSSR count). The summed E-state index contributed by atoms with van der Waals surface area (Å²) >= 11 is 5.87. The molecule has 1 aromatic carbocycles. The number of H-pyrrole nitrogens is 1. The van der Waals surface area contributed by atoms with E-state index in [1.807, 2.05) is 6.92 Å². The lowest BCUT2D eigenvalue weighted by molar-refractivity contribution is 0.476. The van der Waals surface area contributed by atoms with Gasteiger partial charge < -0.3 is 15.8 Å². The van der Waals surface area contributed by atoms with Gasteiger partial charge in [0.25, 0.3) is 0 Å². The van der Waals surface area contributed by atoms with Gasteiger partial charge in [0.2, 0.25) is 0 Å². The number of phenols is 1. The van der Waals surface area contributed by atoms with E-state index in [1.165, 1.54) is 5.56 Å². The van der Waals surface area contributed by atoms with Crippen LogP contribution in [-0.2, 0) is 6.42 Å². The Hall–Kier alpha value is -1.19. The topological polar surface area (TPSA) is 62.0 Å². The third kappa shape index (κ3) is 1.68. The van der Waals surface area contributed by atoms with Gasteiger partial charge >= 0.3 is 0 Å². The minimum atomic E-state index is 0.102. The van der Waals surface area contributed by atoms with E-state index >= 15 is 0 Å². The number of phenolic OH excluding ortho intramolecular Hbond substituents is 1. The fourth-order valence-corrected chi connectivity index (χ4v) is 2.02. The molecule has 0 saturated heterocycles. The van der Waals surface area contributed by atoms with Crippen LogP contribution in [0, 0.1) is 6.92 Å². The number of benzene rings is 1. The fourth-order valence-electron chi connectivity index (χ4n) is 1.86. The van der Waals surface area contributed by atoms with Gasteiger partial charge in [0, 0.05) is 22.7 Å². The minimum absolute atomic E-state index is 0.102. The number of nitrogens with one attached hydrogen (secondary N) is 1. The van der Waals surface area contributed by atoms with Crippen molar-refractivity contribution in [1.82, 2.24) is 4.98 Å². The summed E-state index contributed by atoms with van der Waals surface area (Å²) in [7, 11) is 0. The van der Waals surface area contributed by atoms with Gasteiger partial charge in [0.05, 0.1) is 5.02 Å². The van der Waals surface area contributed by atoms with E-state index in [0.29, 0.717) is 11.6 Å². The van der Waals surface area contributed by atoms with Gasteiger partial charge in [-0.2, -0.15) is 0 Å². The van der Waals surface area contributed by atoms with Crippen molar-refractivity contribution in [2.75, 3.05) is 6.54 Å². The molecular formula is C11H13ClN2O. The molecule has 0 aliphatic heterocycles. The molecule has 1 aromatic heterocycles. The number of aromatic amines is 1. The highest BCUT2D eigenvalue weighted by Gasteiger charge is 2.10. The van der Waals surface area contributed by atoms with Gasteiger partial charge in [0.1, 0.15) is 5.75 Å². The molecule has 4 heteroatoms. The Balaban J connectivity index is 2.70. The lowest BCUT2D eigenvalue weighted by atomic mass is 10.1. The number of aryl methyl sites for hydroxylation is 1. The van der Waals surface area contributed by atoms with Crippen molar-refractivity contribution in [3.8, 4) is 5.75 Å². The van der Waals surface area contributed by atoms with Crippen LogP contribution in [0.15, 0.2) is 12.1 Å². The molecular weight excluding hydrogens is 212 g/mol. The second-order valence-electron chi connectivity index (χ2n) is 3.62. The third-order valence-corrected chi connectivity index (χ3v) is 2.88. The van der Waals surface area contributed by atoms with Crippen molar-refractivity contribution in [2.45, 2.75) is 13.3 Å². The largest absolute Gasteiger partial charge is 0.506 e. The number of rotatable bonds is 2. The zero-order valence-electron chi connectivity index (χ0n) is 8.47. The maximum Gasteiger partial charge on any atom is 0.136 e. The van der Waals surface area contributed by atoms with Gasteiger partial charge in [-0.1, -0.05) is 11.6 Å². The fraction of sp³-hybridized carbons (Fsp3) is 0.273. The van der Waals surface area contributed by atoms with Gasteiger partial charge in [-0.3, -0.25) is 0 Å². The Morgan fingerprint density at radius 2 is 2.20 bits per heavy atom. The summed E-state index contributed by atoms with van der Waals surface area (Å²) in [4.78, 5) is 3.21. The molecule has 0 atom stereocenters. The number of hydrogen-bond donors (Lipinski definition) is 3. The van der Waals surface area contributed by atoms with Crippen LogP contribution in [-0.4, -0.2) is 16.6 Å². The van der Waals surface area contributed by atoms with Crippen molar-refractivity contribution < 1.29 is 5.11 Å². The zero-order valence-corrected chi connectivity index (χ0v) is 9.23. The summed E-state index contributed by atoms with van der Waals surface area (Å²) < 4.78 is 0. The Morgan fingerprint density at radius 1 is 1.47 bits per heavy atom. The lowest BCUT2D eigenvalue weighted by Crippen LogP contribution is -2.03. The van der Waals surface area contributed by atoms with Crippen molar-refractivity contribution in [3.63, 3.8) is 0 Å². The smallest absolute Gasteiger partial charge is 0.136 e. The molecule has 0 aliphatic carbocycles. The normalized spacial score (nSPS) is 11.1. The Bertz CT molecular complexity index is 505. The van der Waals surface area contributed by atoms with Crippen LogP contribution in [0.3, 0.4) is 0 Å². The second kappa shape index (κ2) is 3.76. The highest BCUT2D eigenvalue weighted by molar-refractivity contribution is 6.32. The molecule has 80 valence electrons. The summed E-state index contributed by atoms with van der Waals surface area (Å²) in [5.74, 6) is 0.102. The van der Waals surface area contributed by atoms with E-state index in [0.717, 1.165) is 23.0 Å². The Labute approximate surface area is 92.9 Å². The average molecular weight is 225 g/mol. The summed E-state index contributed by atoms with van der Waals surface area (Å²) in [6.45, 7) is 2.60. The van der Waals surface area contributed by atoms with Crippen LogP contribution in [0.1, 0.15) is 11.3 Å². The highest BCUT2D eigenvalue weighted by Crippen LogP contribution is 2.31. The lowest BCUT2D eigenvalue weighted by Gasteiger charge is -2.00. The Kier molecular flexibility index (Phi) is 2.59. The SMILES string of the molecule is Cc1[nH]c2cc(O)c(Cl)cc2c1CCN. The summed E-state index contributed by atoms with van der Waals surface area (Å²) in [6, 6.07) is 3.42. The number of fused-ring (bicyclic) bond motifs is 1. The van der Waals surface area contributed by atoms with Gasteiger partial charge in [-0.15, -0.1) is 0 Å². The first-order valence-corrected chi connectivity index (χ1v) is 5.21. The van der Waals surface area contributed by atoms with Gasteiger partial charge in [-0.25, -0.2) is 0 Å². The minimum Gasteiger partial charge on any atom is -0.506 e. The summed E-state index contributed by atoms with van der Waals surface area (Å²) in [5.41, 5.74) is 8.71. The number of nitrogens with two attached hydrogens (primary N) is 1. The van der Waals surface area contributed by atoms with E-state index < -0.39 is 0 Å². The molecule has 0 saturated carbocycles. The first kappa shape index (κ1) is 10.3. The van der Waals surface area contributed by atoms with E-state index in [2.05, 4.69) is 4.98 Å². The molecule has 3 nitrogen and oxygen atoms in total. The van der Waals surface area contributed by atoms with Crippen LogP contribution in [0.4, 0.5) is 0 Å². The molecule has 15 heavy (non-hydrogen) atoms. The van der Waals surface area contributed by atoms with Crippen molar-refractivity contribution >= 4 is 22.5 Å². The van der Waals surface area contributed by atoms with Crippen molar-refractivity contribution in [1.29, 1.82) is 0 Å². The first-order chi connectivity index (χ1) is 7.13. The van der Waals surface area contributed by atoms with Crippen molar-refractivity contribution in [2.24, 2.45) is 5.73 Å². The standard InChI is InChI=1S/C11H13ClN2O/c1-6-7(2-3-13)8-4-9(12)11(15)5-10(8)14-6/h4-5,14-15H,2-3,13H2,1H3. The summed E-state index contributed by atoms with van der Waals surface area (Å²) in [6.07, 6.45) is 0.812. The molecule has 0 aliphatic rings. The van der Waals surface area contributed by atoms with E-state index in [4.69, 9.17) is 17.3 Å².